The third-order valence-corrected chi connectivity index (χ3v) is 4.96. The molecule has 0 radical (unpaired) electrons. The van der Waals surface area contributed by atoms with E-state index in [0.29, 0.717) is 13.1 Å². The van der Waals surface area contributed by atoms with Crippen LogP contribution in [0.5, 0.6) is 5.75 Å². The Bertz CT molecular complexity index is 631. The molecule has 0 unspecified atom stereocenters. The van der Waals surface area contributed by atoms with Crippen LogP contribution < -0.4 is 4.74 Å². The lowest BCUT2D eigenvalue weighted by molar-refractivity contribution is -0.155. The number of carbonyl (C=O) groups is 1. The number of aliphatic hydroxyl groups is 1. The first kappa shape index (κ1) is 19.1. The predicted molar refractivity (Wildman–Crippen MR) is 93.7 cm³/mol. The molecule has 7 heteroatoms. The Balaban J connectivity index is 1.82. The van der Waals surface area contributed by atoms with Crippen molar-refractivity contribution >= 4 is 5.97 Å². The van der Waals surface area contributed by atoms with E-state index in [1.54, 1.807) is 7.11 Å². The molecule has 144 valence electrons. The van der Waals surface area contributed by atoms with E-state index in [0.717, 1.165) is 11.3 Å². The van der Waals surface area contributed by atoms with Gasteiger partial charge in [-0.25, -0.2) is 0 Å². The van der Waals surface area contributed by atoms with E-state index in [-0.39, 0.29) is 18.4 Å². The lowest BCUT2D eigenvalue weighted by atomic mass is 9.91. The van der Waals surface area contributed by atoms with Gasteiger partial charge in [-0.2, -0.15) is 0 Å². The number of fused-ring (bicyclic) bond motifs is 1. The summed E-state index contributed by atoms with van der Waals surface area (Å²) in [6, 6.07) is 7.50. The molecule has 0 saturated carbocycles. The monoisotopic (exact) mass is 365 g/mol. The van der Waals surface area contributed by atoms with Gasteiger partial charge in [-0.3, -0.25) is 9.69 Å². The van der Waals surface area contributed by atoms with Gasteiger partial charge in [-0.1, -0.05) is 12.1 Å². The molecule has 2 aliphatic rings. The number of carbonyl (C=O) groups excluding carboxylic acids is 1. The third kappa shape index (κ3) is 4.01. The SMILES string of the molecule is COC(=O)C[C@H]1[C@@H]2OC(C)(C)O[C@@H]2[C@H](O)CN1Cc1ccc(OC)cc1. The number of likely N-dealkylation sites (tertiary alicyclic amines) is 1. The quantitative estimate of drug-likeness (QED) is 0.789. The fraction of sp³-hybridized carbons (Fsp3) is 0.632. The number of benzene rings is 1. The van der Waals surface area contributed by atoms with Crippen LogP contribution in [0.25, 0.3) is 0 Å². The Kier molecular flexibility index (Phi) is 5.53. The van der Waals surface area contributed by atoms with E-state index in [1.165, 1.54) is 7.11 Å². The van der Waals surface area contributed by atoms with Crippen molar-refractivity contribution in [2.45, 2.75) is 57.0 Å². The van der Waals surface area contributed by atoms with Crippen molar-refractivity contribution in [3.05, 3.63) is 29.8 Å². The maximum Gasteiger partial charge on any atom is 0.307 e. The highest BCUT2D eigenvalue weighted by atomic mass is 16.8. The molecule has 1 aromatic rings. The fourth-order valence-electron chi connectivity index (χ4n) is 3.75. The molecular formula is C19H27NO6. The van der Waals surface area contributed by atoms with Crippen LogP contribution in [0.4, 0.5) is 0 Å². The summed E-state index contributed by atoms with van der Waals surface area (Å²) in [6.07, 6.45) is -1.35. The maximum atomic E-state index is 12.0. The normalized spacial score (nSPS) is 30.7. The van der Waals surface area contributed by atoms with Crippen LogP contribution >= 0.6 is 0 Å². The van der Waals surface area contributed by atoms with Gasteiger partial charge in [0.05, 0.1) is 26.7 Å². The van der Waals surface area contributed by atoms with Gasteiger partial charge >= 0.3 is 5.97 Å². The predicted octanol–water partition coefficient (Wildman–Crippen LogP) is 1.32. The highest BCUT2D eigenvalue weighted by Gasteiger charge is 2.53. The molecule has 0 amide bonds. The standard InChI is InChI=1S/C19H27NO6/c1-19(2)25-17-14(9-16(22)24-4)20(11-15(21)18(17)26-19)10-12-5-7-13(23-3)8-6-12/h5-8,14-15,17-18,21H,9-11H2,1-4H3/t14-,15+,17-,18+/m0/s1. The lowest BCUT2D eigenvalue weighted by Crippen LogP contribution is -2.60. The first-order valence-electron chi connectivity index (χ1n) is 8.80. The Hall–Kier alpha value is -1.67. The van der Waals surface area contributed by atoms with Crippen molar-refractivity contribution in [2.24, 2.45) is 0 Å². The summed E-state index contributed by atoms with van der Waals surface area (Å²) >= 11 is 0. The van der Waals surface area contributed by atoms with Gasteiger partial charge in [-0.15, -0.1) is 0 Å². The van der Waals surface area contributed by atoms with Crippen LogP contribution in [0.2, 0.25) is 0 Å². The average Bonchev–Trinajstić information content (AvgIpc) is 2.94. The molecule has 2 aliphatic heterocycles. The van der Waals surface area contributed by atoms with Crippen LogP contribution in [0, 0.1) is 0 Å². The molecule has 2 heterocycles. The minimum absolute atomic E-state index is 0.181. The van der Waals surface area contributed by atoms with Crippen molar-refractivity contribution in [1.29, 1.82) is 0 Å². The Morgan fingerprint density at radius 3 is 2.50 bits per heavy atom. The topological polar surface area (TPSA) is 77.5 Å². The minimum Gasteiger partial charge on any atom is -0.497 e. The number of piperidine rings is 1. The van der Waals surface area contributed by atoms with E-state index in [9.17, 15) is 9.90 Å². The van der Waals surface area contributed by atoms with Crippen LogP contribution in [-0.2, 0) is 25.5 Å². The number of aliphatic hydroxyl groups excluding tert-OH is 1. The van der Waals surface area contributed by atoms with E-state index in [4.69, 9.17) is 18.9 Å². The molecular weight excluding hydrogens is 338 g/mol. The molecule has 4 atom stereocenters. The summed E-state index contributed by atoms with van der Waals surface area (Å²) in [7, 11) is 3.00. The molecule has 0 aromatic heterocycles. The molecule has 1 aromatic carbocycles. The fourth-order valence-corrected chi connectivity index (χ4v) is 3.75. The van der Waals surface area contributed by atoms with Crippen molar-refractivity contribution < 1.29 is 28.8 Å². The largest absolute Gasteiger partial charge is 0.497 e. The number of esters is 1. The minimum atomic E-state index is -0.791. The van der Waals surface area contributed by atoms with Gasteiger partial charge in [0.2, 0.25) is 0 Å². The van der Waals surface area contributed by atoms with E-state index in [1.807, 2.05) is 38.1 Å². The zero-order valence-electron chi connectivity index (χ0n) is 15.7. The van der Waals surface area contributed by atoms with Crippen molar-refractivity contribution in [3.8, 4) is 5.75 Å². The molecule has 26 heavy (non-hydrogen) atoms. The number of hydrogen-bond acceptors (Lipinski definition) is 7. The highest BCUT2D eigenvalue weighted by Crippen LogP contribution is 2.38. The molecule has 0 bridgehead atoms. The van der Waals surface area contributed by atoms with Crippen LogP contribution in [-0.4, -0.2) is 66.9 Å². The first-order chi connectivity index (χ1) is 12.3. The Morgan fingerprint density at radius 2 is 1.88 bits per heavy atom. The molecule has 0 aliphatic carbocycles. The summed E-state index contributed by atoms with van der Waals surface area (Å²) in [5, 5.41) is 10.6. The van der Waals surface area contributed by atoms with Crippen molar-refractivity contribution in [1.82, 2.24) is 4.90 Å². The zero-order valence-corrected chi connectivity index (χ0v) is 15.7. The van der Waals surface area contributed by atoms with Crippen LogP contribution in [0.1, 0.15) is 25.8 Å². The van der Waals surface area contributed by atoms with Gasteiger partial charge < -0.3 is 24.1 Å². The summed E-state index contributed by atoms with van der Waals surface area (Å²) in [4.78, 5) is 14.0. The average molecular weight is 365 g/mol. The Morgan fingerprint density at radius 1 is 1.23 bits per heavy atom. The van der Waals surface area contributed by atoms with E-state index < -0.39 is 24.1 Å². The molecule has 0 spiro atoms. The summed E-state index contributed by atoms with van der Waals surface area (Å²) < 4.78 is 22.0. The molecule has 2 fully saturated rings. The Labute approximate surface area is 153 Å². The second-order valence-corrected chi connectivity index (χ2v) is 7.26. The van der Waals surface area contributed by atoms with Crippen molar-refractivity contribution in [3.63, 3.8) is 0 Å². The van der Waals surface area contributed by atoms with Crippen LogP contribution in [0.15, 0.2) is 24.3 Å². The van der Waals surface area contributed by atoms with E-state index in [2.05, 4.69) is 4.90 Å². The molecule has 2 saturated heterocycles. The van der Waals surface area contributed by atoms with Gasteiger partial charge in [-0.05, 0) is 31.5 Å². The van der Waals surface area contributed by atoms with Gasteiger partial charge in [0, 0.05) is 19.1 Å². The molecule has 1 N–H and O–H groups in total. The summed E-state index contributed by atoms with van der Waals surface area (Å²) in [6.45, 7) is 4.62. The van der Waals surface area contributed by atoms with E-state index >= 15 is 0 Å². The molecule has 3 rings (SSSR count). The number of rotatable bonds is 5. The first-order valence-corrected chi connectivity index (χ1v) is 8.80. The van der Waals surface area contributed by atoms with Crippen molar-refractivity contribution in [2.75, 3.05) is 20.8 Å². The zero-order chi connectivity index (χ0) is 18.9. The highest BCUT2D eigenvalue weighted by molar-refractivity contribution is 5.70. The maximum absolute atomic E-state index is 12.0. The number of hydrogen-bond donors (Lipinski definition) is 1. The lowest BCUT2D eigenvalue weighted by Gasteiger charge is -2.43. The van der Waals surface area contributed by atoms with Gasteiger partial charge in [0.15, 0.2) is 5.79 Å². The summed E-state index contributed by atoms with van der Waals surface area (Å²) in [5.74, 6) is -0.313. The number of β-amino-alcohol motifs (C(OH)–C–C–N with tert-alkyl or cyclic N) is 1. The number of nitrogens with zero attached hydrogens (tertiary/aromatic N) is 1. The van der Waals surface area contributed by atoms with Crippen LogP contribution in [0.3, 0.4) is 0 Å². The second kappa shape index (κ2) is 7.52. The smallest absolute Gasteiger partial charge is 0.307 e. The molecule has 7 nitrogen and oxygen atoms in total. The number of methoxy groups -OCH3 is 2. The third-order valence-electron chi connectivity index (χ3n) is 4.96. The van der Waals surface area contributed by atoms with Gasteiger partial charge in [0.1, 0.15) is 18.0 Å². The second-order valence-electron chi connectivity index (χ2n) is 7.26. The number of ether oxygens (including phenoxy) is 4. The summed E-state index contributed by atoms with van der Waals surface area (Å²) in [5.41, 5.74) is 1.06. The van der Waals surface area contributed by atoms with Gasteiger partial charge in [0.25, 0.3) is 0 Å².